The molecule has 2 aliphatic rings. The molecule has 4 heterocycles. The first-order chi connectivity index (χ1) is 16.1. The van der Waals surface area contributed by atoms with Gasteiger partial charge in [-0.3, -0.25) is 9.36 Å². The Morgan fingerprint density at radius 3 is 2.59 bits per heavy atom. The third-order valence-corrected chi connectivity index (χ3v) is 8.71. The Labute approximate surface area is 197 Å². The van der Waals surface area contributed by atoms with Gasteiger partial charge < -0.3 is 15.0 Å². The lowest BCUT2D eigenvalue weighted by molar-refractivity contribution is 0.0267. The standard InChI is InChI=1S/C22H29N7O4S/c1-22(31)9-3-4-17(22)29-19(30)6-5-15-12-23-21(26-20(15)29)25-16-7-10-28(11-8-16)34(32,33)18-13-27(2)14-24-18/h5-6,12-14,16-17,31H,3-4,7-11H2,1-2H3,(H,23,25,26). The van der Waals surface area contributed by atoms with Gasteiger partial charge in [-0.25, -0.2) is 18.4 Å². The van der Waals surface area contributed by atoms with Gasteiger partial charge in [0, 0.05) is 50.0 Å². The molecule has 2 fully saturated rings. The summed E-state index contributed by atoms with van der Waals surface area (Å²) in [5.41, 5.74) is -0.674. The molecule has 1 saturated heterocycles. The van der Waals surface area contributed by atoms with Crippen LogP contribution in [0, 0.1) is 0 Å². The topological polar surface area (TPSA) is 135 Å². The number of sulfonamides is 1. The van der Waals surface area contributed by atoms with Gasteiger partial charge >= 0.3 is 0 Å². The Balaban J connectivity index is 1.34. The van der Waals surface area contributed by atoms with E-state index < -0.39 is 15.6 Å². The minimum atomic E-state index is -3.62. The molecule has 2 unspecified atom stereocenters. The Kier molecular flexibility index (Phi) is 5.69. The molecule has 2 atom stereocenters. The molecule has 0 aromatic carbocycles. The highest BCUT2D eigenvalue weighted by Gasteiger charge is 2.39. The molecule has 11 nitrogen and oxygen atoms in total. The number of fused-ring (bicyclic) bond motifs is 1. The Morgan fingerprint density at radius 2 is 1.94 bits per heavy atom. The highest BCUT2D eigenvalue weighted by molar-refractivity contribution is 7.89. The van der Waals surface area contributed by atoms with Crippen LogP contribution in [-0.2, 0) is 17.1 Å². The number of hydrogen-bond acceptors (Lipinski definition) is 8. The van der Waals surface area contributed by atoms with Crippen molar-refractivity contribution in [1.82, 2.24) is 28.4 Å². The average Bonchev–Trinajstić information content (AvgIpc) is 3.39. The van der Waals surface area contributed by atoms with Crippen LogP contribution in [0.1, 0.15) is 45.1 Å². The van der Waals surface area contributed by atoms with Crippen LogP contribution in [0.2, 0.25) is 0 Å². The molecule has 1 saturated carbocycles. The van der Waals surface area contributed by atoms with Gasteiger partial charge in [-0.15, -0.1) is 0 Å². The SMILES string of the molecule is Cn1cnc(S(=O)(=O)N2CCC(Nc3ncc4ccc(=O)n(C5CCCC5(C)O)c4n3)CC2)c1. The van der Waals surface area contributed by atoms with Crippen molar-refractivity contribution in [1.29, 1.82) is 0 Å². The largest absolute Gasteiger partial charge is 0.388 e. The monoisotopic (exact) mass is 487 g/mol. The number of aryl methyl sites for hydroxylation is 1. The maximum Gasteiger partial charge on any atom is 0.262 e. The van der Waals surface area contributed by atoms with Crippen LogP contribution >= 0.6 is 0 Å². The highest BCUT2D eigenvalue weighted by atomic mass is 32.2. The third-order valence-electron chi connectivity index (χ3n) is 6.93. The molecule has 34 heavy (non-hydrogen) atoms. The molecule has 0 amide bonds. The van der Waals surface area contributed by atoms with Crippen LogP contribution in [0.25, 0.3) is 11.0 Å². The van der Waals surface area contributed by atoms with E-state index in [9.17, 15) is 18.3 Å². The minimum Gasteiger partial charge on any atom is -0.388 e. The van der Waals surface area contributed by atoms with Crippen molar-refractivity contribution < 1.29 is 13.5 Å². The van der Waals surface area contributed by atoms with Crippen molar-refractivity contribution in [2.24, 2.45) is 7.05 Å². The lowest BCUT2D eigenvalue weighted by Crippen LogP contribution is -2.42. The van der Waals surface area contributed by atoms with Crippen molar-refractivity contribution in [3.05, 3.63) is 41.2 Å². The van der Waals surface area contributed by atoms with Crippen LogP contribution in [-0.4, -0.2) is 66.6 Å². The number of nitrogens with one attached hydrogen (secondary N) is 1. The van der Waals surface area contributed by atoms with E-state index in [4.69, 9.17) is 0 Å². The van der Waals surface area contributed by atoms with E-state index in [-0.39, 0.29) is 22.7 Å². The van der Waals surface area contributed by atoms with Gasteiger partial charge in [0.25, 0.3) is 15.6 Å². The predicted octanol–water partition coefficient (Wildman–Crippen LogP) is 1.27. The molecule has 1 aliphatic heterocycles. The minimum absolute atomic E-state index is 0.00824. The number of rotatable bonds is 5. The Bertz CT molecular complexity index is 1370. The summed E-state index contributed by atoms with van der Waals surface area (Å²) in [6.45, 7) is 2.49. The number of pyridine rings is 1. The van der Waals surface area contributed by atoms with Gasteiger partial charge in [0.2, 0.25) is 5.95 Å². The van der Waals surface area contributed by atoms with E-state index in [2.05, 4.69) is 20.3 Å². The summed E-state index contributed by atoms with van der Waals surface area (Å²) in [6, 6.07) is 2.84. The fourth-order valence-electron chi connectivity index (χ4n) is 5.02. The number of anilines is 1. The number of nitrogens with zero attached hydrogens (tertiary/aromatic N) is 6. The lowest BCUT2D eigenvalue weighted by Gasteiger charge is -2.31. The van der Waals surface area contributed by atoms with Crippen LogP contribution in [0.4, 0.5) is 5.95 Å². The van der Waals surface area contributed by atoms with Crippen molar-refractivity contribution >= 4 is 27.0 Å². The smallest absolute Gasteiger partial charge is 0.262 e. The van der Waals surface area contributed by atoms with E-state index in [1.807, 2.05) is 0 Å². The second-order valence-corrected chi connectivity index (χ2v) is 11.4. The van der Waals surface area contributed by atoms with Gasteiger partial charge in [-0.05, 0) is 45.1 Å². The summed E-state index contributed by atoms with van der Waals surface area (Å²) < 4.78 is 30.3. The molecule has 0 bridgehead atoms. The van der Waals surface area contributed by atoms with E-state index in [1.165, 1.54) is 22.9 Å². The molecule has 182 valence electrons. The van der Waals surface area contributed by atoms with Crippen LogP contribution in [0.5, 0.6) is 0 Å². The summed E-state index contributed by atoms with van der Waals surface area (Å²) in [6.07, 6.45) is 8.02. The molecule has 2 N–H and O–H groups in total. The van der Waals surface area contributed by atoms with E-state index in [0.29, 0.717) is 50.4 Å². The molecule has 12 heteroatoms. The molecule has 3 aromatic rings. The summed E-state index contributed by atoms with van der Waals surface area (Å²) in [5, 5.41) is 14.9. The third kappa shape index (κ3) is 4.10. The molecule has 0 spiro atoms. The number of hydrogen-bond donors (Lipinski definition) is 2. The zero-order valence-corrected chi connectivity index (χ0v) is 20.1. The summed E-state index contributed by atoms with van der Waals surface area (Å²) in [7, 11) is -1.88. The zero-order chi connectivity index (χ0) is 24.1. The Hall–Kier alpha value is -2.83. The fraction of sp³-hybridized carbons (Fsp3) is 0.545. The van der Waals surface area contributed by atoms with Gasteiger partial charge in [0.05, 0.1) is 18.0 Å². The van der Waals surface area contributed by atoms with E-state index >= 15 is 0 Å². The van der Waals surface area contributed by atoms with Crippen molar-refractivity contribution in [2.45, 2.75) is 61.7 Å². The first-order valence-electron chi connectivity index (χ1n) is 11.5. The lowest BCUT2D eigenvalue weighted by atomic mass is 10.00. The number of aliphatic hydroxyl groups is 1. The molecule has 0 radical (unpaired) electrons. The molecule has 3 aromatic heterocycles. The first-order valence-corrected chi connectivity index (χ1v) is 12.9. The maximum atomic E-state index is 12.8. The van der Waals surface area contributed by atoms with E-state index in [0.717, 1.165) is 11.8 Å². The molecular formula is C22H29N7O4S. The van der Waals surface area contributed by atoms with Gasteiger partial charge in [-0.2, -0.15) is 9.29 Å². The molecule has 1 aliphatic carbocycles. The fourth-order valence-corrected chi connectivity index (χ4v) is 6.46. The van der Waals surface area contributed by atoms with Crippen LogP contribution in [0.15, 0.2) is 40.7 Å². The quantitative estimate of drug-likeness (QED) is 0.549. The van der Waals surface area contributed by atoms with E-state index in [1.54, 1.807) is 35.4 Å². The highest BCUT2D eigenvalue weighted by Crippen LogP contribution is 2.39. The van der Waals surface area contributed by atoms with Gasteiger partial charge in [0.1, 0.15) is 5.65 Å². The molecule has 5 rings (SSSR count). The maximum absolute atomic E-state index is 12.8. The summed E-state index contributed by atoms with van der Waals surface area (Å²) in [5.74, 6) is 0.385. The summed E-state index contributed by atoms with van der Waals surface area (Å²) in [4.78, 5) is 25.8. The van der Waals surface area contributed by atoms with Crippen LogP contribution in [0.3, 0.4) is 0 Å². The van der Waals surface area contributed by atoms with Crippen LogP contribution < -0.4 is 10.9 Å². The van der Waals surface area contributed by atoms with Crippen molar-refractivity contribution in [3.8, 4) is 0 Å². The van der Waals surface area contributed by atoms with Crippen molar-refractivity contribution in [3.63, 3.8) is 0 Å². The van der Waals surface area contributed by atoms with Crippen molar-refractivity contribution in [2.75, 3.05) is 18.4 Å². The second-order valence-electron chi connectivity index (χ2n) is 9.48. The summed E-state index contributed by atoms with van der Waals surface area (Å²) >= 11 is 0. The first kappa shape index (κ1) is 22.9. The van der Waals surface area contributed by atoms with Gasteiger partial charge in [0.15, 0.2) is 5.03 Å². The number of aromatic nitrogens is 5. The molecular weight excluding hydrogens is 458 g/mol. The predicted molar refractivity (Wildman–Crippen MR) is 126 cm³/mol. The Morgan fingerprint density at radius 1 is 1.18 bits per heavy atom. The number of imidazole rings is 1. The second kappa shape index (κ2) is 8.43. The number of piperidine rings is 1. The van der Waals surface area contributed by atoms with Gasteiger partial charge in [-0.1, -0.05) is 0 Å². The zero-order valence-electron chi connectivity index (χ0n) is 19.3. The normalized spacial score (nSPS) is 24.6. The average molecular weight is 488 g/mol.